The Morgan fingerprint density at radius 2 is 1.68 bits per heavy atom. The maximum absolute atomic E-state index is 5.70. The van der Waals surface area contributed by atoms with Crippen LogP contribution >= 0.6 is 12.2 Å². The van der Waals surface area contributed by atoms with E-state index in [4.69, 9.17) is 22.1 Å². The van der Waals surface area contributed by atoms with Gasteiger partial charge in [0.2, 0.25) is 0 Å². The number of nitrogens with zero attached hydrogens (tertiary/aromatic N) is 4. The maximum atomic E-state index is 5.70. The minimum atomic E-state index is 0.787. The van der Waals surface area contributed by atoms with E-state index in [2.05, 4.69) is 16.4 Å². The lowest BCUT2D eigenvalue weighted by molar-refractivity contribution is 0.188. The van der Waals surface area contributed by atoms with Gasteiger partial charge < -0.3 is 9.30 Å². The predicted octanol–water partition coefficient (Wildman–Crippen LogP) is 4.33. The average Bonchev–Trinajstić information content (AvgIpc) is 2.93. The Labute approximate surface area is 155 Å². The number of methoxy groups -OCH3 is 1. The van der Waals surface area contributed by atoms with Gasteiger partial charge in [0.15, 0.2) is 10.6 Å². The molecule has 1 fully saturated rings. The van der Waals surface area contributed by atoms with Gasteiger partial charge in [0.25, 0.3) is 0 Å². The monoisotopic (exact) mass is 360 g/mol. The molecule has 1 saturated heterocycles. The first-order chi connectivity index (χ1) is 12.2. The molecular formula is C19H28N4OS. The van der Waals surface area contributed by atoms with Gasteiger partial charge in [-0.3, -0.25) is 4.90 Å². The van der Waals surface area contributed by atoms with E-state index < -0.39 is 0 Å². The summed E-state index contributed by atoms with van der Waals surface area (Å²) in [5.41, 5.74) is 1.07. The molecule has 136 valence electrons. The van der Waals surface area contributed by atoms with Crippen molar-refractivity contribution in [2.24, 2.45) is 0 Å². The number of benzene rings is 1. The molecule has 0 spiro atoms. The lowest BCUT2D eigenvalue weighted by atomic mass is 10.1. The molecule has 2 aromatic rings. The van der Waals surface area contributed by atoms with Crippen molar-refractivity contribution in [1.82, 2.24) is 19.2 Å². The van der Waals surface area contributed by atoms with E-state index >= 15 is 0 Å². The minimum Gasteiger partial charge on any atom is -0.497 e. The number of hydrogen-bond donors (Lipinski definition) is 0. The van der Waals surface area contributed by atoms with Crippen LogP contribution in [-0.2, 0) is 13.2 Å². The van der Waals surface area contributed by atoms with Crippen LogP contribution in [0, 0.1) is 4.77 Å². The number of aromatic nitrogens is 3. The molecule has 25 heavy (non-hydrogen) atoms. The fourth-order valence-corrected chi connectivity index (χ4v) is 3.73. The standard InChI is InChI=1S/C19H28N4OS/c1-3-22-18(16-9-11-17(24-2)12-10-16)20-23(19(22)25)15-21-13-7-5-4-6-8-14-21/h9-12H,3-8,13-15H2,1-2H3. The van der Waals surface area contributed by atoms with E-state index in [1.165, 1.54) is 32.1 Å². The molecule has 0 saturated carbocycles. The summed E-state index contributed by atoms with van der Waals surface area (Å²) in [7, 11) is 1.68. The topological polar surface area (TPSA) is 35.2 Å². The Morgan fingerprint density at radius 3 is 2.28 bits per heavy atom. The van der Waals surface area contributed by atoms with Gasteiger partial charge in [-0.05, 0) is 69.3 Å². The molecule has 1 aromatic heterocycles. The zero-order valence-electron chi connectivity index (χ0n) is 15.3. The SMILES string of the molecule is CCn1c(-c2ccc(OC)cc2)nn(CN2CCCCCCC2)c1=S. The van der Waals surface area contributed by atoms with E-state index in [0.29, 0.717) is 0 Å². The van der Waals surface area contributed by atoms with Gasteiger partial charge >= 0.3 is 0 Å². The Bertz CT molecular complexity index is 727. The minimum absolute atomic E-state index is 0.787. The van der Waals surface area contributed by atoms with Crippen LogP contribution in [0.5, 0.6) is 5.75 Å². The zero-order valence-corrected chi connectivity index (χ0v) is 16.1. The molecule has 0 amide bonds. The summed E-state index contributed by atoms with van der Waals surface area (Å²) in [6.07, 6.45) is 6.59. The highest BCUT2D eigenvalue weighted by molar-refractivity contribution is 7.71. The summed E-state index contributed by atoms with van der Waals surface area (Å²) in [5.74, 6) is 1.78. The van der Waals surface area contributed by atoms with Crippen LogP contribution in [-0.4, -0.2) is 39.4 Å². The molecular weight excluding hydrogens is 332 g/mol. The molecule has 6 heteroatoms. The largest absolute Gasteiger partial charge is 0.497 e. The second kappa shape index (κ2) is 8.63. The molecule has 0 N–H and O–H groups in total. The second-order valence-corrected chi connectivity index (χ2v) is 6.97. The summed E-state index contributed by atoms with van der Waals surface area (Å²) in [4.78, 5) is 2.49. The third-order valence-corrected chi connectivity index (χ3v) is 5.30. The summed E-state index contributed by atoms with van der Waals surface area (Å²) in [5, 5.41) is 4.85. The third kappa shape index (κ3) is 4.30. The van der Waals surface area contributed by atoms with E-state index in [1.54, 1.807) is 7.11 Å². The number of ether oxygens (including phenoxy) is 1. The molecule has 3 rings (SSSR count). The van der Waals surface area contributed by atoms with Crippen LogP contribution < -0.4 is 4.74 Å². The Hall–Kier alpha value is -1.66. The Morgan fingerprint density at radius 1 is 1.04 bits per heavy atom. The average molecular weight is 361 g/mol. The first kappa shape index (κ1) is 18.1. The molecule has 1 aliphatic rings. The molecule has 5 nitrogen and oxygen atoms in total. The summed E-state index contributed by atoms with van der Waals surface area (Å²) in [6.45, 7) is 6.00. The number of rotatable bonds is 5. The van der Waals surface area contributed by atoms with E-state index in [-0.39, 0.29) is 0 Å². The highest BCUT2D eigenvalue weighted by Crippen LogP contribution is 2.22. The third-order valence-electron chi connectivity index (χ3n) is 4.87. The summed E-state index contributed by atoms with van der Waals surface area (Å²) in [6, 6.07) is 8.02. The van der Waals surface area contributed by atoms with E-state index in [0.717, 1.165) is 48.2 Å². The van der Waals surface area contributed by atoms with Crippen molar-refractivity contribution in [3.8, 4) is 17.1 Å². The summed E-state index contributed by atoms with van der Waals surface area (Å²) < 4.78 is 10.2. The van der Waals surface area contributed by atoms with Gasteiger partial charge in [0.1, 0.15) is 5.75 Å². The van der Waals surface area contributed by atoms with Gasteiger partial charge in [0, 0.05) is 12.1 Å². The lowest BCUT2D eigenvalue weighted by Gasteiger charge is -2.23. The van der Waals surface area contributed by atoms with E-state index in [1.807, 2.05) is 28.9 Å². The van der Waals surface area contributed by atoms with Crippen molar-refractivity contribution < 1.29 is 4.74 Å². The molecule has 0 atom stereocenters. The van der Waals surface area contributed by atoms with Crippen molar-refractivity contribution in [2.75, 3.05) is 20.2 Å². The van der Waals surface area contributed by atoms with Crippen LogP contribution in [0.25, 0.3) is 11.4 Å². The van der Waals surface area contributed by atoms with Crippen LogP contribution in [0.3, 0.4) is 0 Å². The Kier molecular flexibility index (Phi) is 6.26. The number of likely N-dealkylation sites (tertiary alicyclic amines) is 1. The van der Waals surface area contributed by atoms with Crippen molar-refractivity contribution in [2.45, 2.75) is 52.2 Å². The van der Waals surface area contributed by atoms with Gasteiger partial charge in [-0.2, -0.15) is 5.10 Å². The predicted molar refractivity (Wildman–Crippen MR) is 103 cm³/mol. The van der Waals surface area contributed by atoms with Gasteiger partial charge in [-0.25, -0.2) is 4.68 Å². The van der Waals surface area contributed by atoms with Crippen LogP contribution in [0.15, 0.2) is 24.3 Å². The molecule has 0 aliphatic carbocycles. The second-order valence-electron chi connectivity index (χ2n) is 6.61. The molecule has 0 bridgehead atoms. The highest BCUT2D eigenvalue weighted by atomic mass is 32.1. The molecule has 0 radical (unpaired) electrons. The van der Waals surface area contributed by atoms with Gasteiger partial charge in [-0.1, -0.05) is 19.3 Å². The normalized spacial score (nSPS) is 16.4. The zero-order chi connectivity index (χ0) is 17.6. The quantitative estimate of drug-likeness (QED) is 0.743. The molecule has 1 aliphatic heterocycles. The van der Waals surface area contributed by atoms with Crippen LogP contribution in [0.4, 0.5) is 0 Å². The molecule has 1 aromatic carbocycles. The molecule has 0 unspecified atom stereocenters. The van der Waals surface area contributed by atoms with Crippen molar-refractivity contribution in [3.05, 3.63) is 29.0 Å². The summed E-state index contributed by atoms with van der Waals surface area (Å²) >= 11 is 5.70. The number of hydrogen-bond acceptors (Lipinski definition) is 4. The Balaban J connectivity index is 1.85. The first-order valence-corrected chi connectivity index (χ1v) is 9.68. The smallest absolute Gasteiger partial charge is 0.199 e. The lowest BCUT2D eigenvalue weighted by Crippen LogP contribution is -2.30. The van der Waals surface area contributed by atoms with Crippen molar-refractivity contribution in [3.63, 3.8) is 0 Å². The molecule has 2 heterocycles. The van der Waals surface area contributed by atoms with Crippen molar-refractivity contribution >= 4 is 12.2 Å². The van der Waals surface area contributed by atoms with E-state index in [9.17, 15) is 0 Å². The van der Waals surface area contributed by atoms with Crippen LogP contribution in [0.1, 0.15) is 39.0 Å². The first-order valence-electron chi connectivity index (χ1n) is 9.27. The van der Waals surface area contributed by atoms with Gasteiger partial charge in [0.05, 0.1) is 13.8 Å². The van der Waals surface area contributed by atoms with Crippen molar-refractivity contribution in [1.29, 1.82) is 0 Å². The van der Waals surface area contributed by atoms with Crippen LogP contribution in [0.2, 0.25) is 0 Å². The maximum Gasteiger partial charge on any atom is 0.199 e. The fourth-order valence-electron chi connectivity index (χ4n) is 3.42. The fraction of sp³-hybridized carbons (Fsp3) is 0.579. The van der Waals surface area contributed by atoms with Gasteiger partial charge in [-0.15, -0.1) is 0 Å². The highest BCUT2D eigenvalue weighted by Gasteiger charge is 2.15.